The summed E-state index contributed by atoms with van der Waals surface area (Å²) in [6.45, 7) is 4.79. The lowest BCUT2D eigenvalue weighted by Gasteiger charge is -2.46. The summed E-state index contributed by atoms with van der Waals surface area (Å²) in [7, 11) is 1.75. The highest BCUT2D eigenvalue weighted by molar-refractivity contribution is 5.90. The van der Waals surface area contributed by atoms with Crippen molar-refractivity contribution in [3.05, 3.63) is 29.6 Å². The summed E-state index contributed by atoms with van der Waals surface area (Å²) in [4.78, 5) is 26.5. The van der Waals surface area contributed by atoms with Gasteiger partial charge in [0.2, 0.25) is 5.91 Å². The van der Waals surface area contributed by atoms with Crippen LogP contribution in [0.2, 0.25) is 0 Å². The molecule has 1 aliphatic rings. The van der Waals surface area contributed by atoms with Gasteiger partial charge in [0.25, 0.3) is 0 Å². The maximum absolute atomic E-state index is 13.5. The van der Waals surface area contributed by atoms with E-state index in [1.807, 2.05) is 4.90 Å². The Hall–Kier alpha value is -1.91. The molecule has 0 bridgehead atoms. The van der Waals surface area contributed by atoms with Gasteiger partial charge in [-0.15, -0.1) is 0 Å². The monoisotopic (exact) mass is 264 g/mol. The second-order valence-electron chi connectivity index (χ2n) is 5.30. The van der Waals surface area contributed by atoms with Crippen LogP contribution in [0.25, 0.3) is 0 Å². The lowest BCUT2D eigenvalue weighted by molar-refractivity contribution is -0.136. The predicted octanol–water partition coefficient (Wildman–Crippen LogP) is 1.70. The average Bonchev–Trinajstić information content (AvgIpc) is 2.35. The number of hydrogen-bond donors (Lipinski definition) is 0. The van der Waals surface area contributed by atoms with E-state index >= 15 is 0 Å². The number of aldehydes is 1. The van der Waals surface area contributed by atoms with Crippen LogP contribution in [0.1, 0.15) is 24.2 Å². The van der Waals surface area contributed by atoms with Crippen molar-refractivity contribution in [3.63, 3.8) is 0 Å². The van der Waals surface area contributed by atoms with Crippen molar-refractivity contribution < 1.29 is 14.0 Å². The smallest absolute Gasteiger partial charge is 0.247 e. The normalized spacial score (nSPS) is 18.6. The molecule has 102 valence electrons. The van der Waals surface area contributed by atoms with Crippen LogP contribution < -0.4 is 4.90 Å². The lowest BCUT2D eigenvalue weighted by atomic mass is 9.96. The molecule has 1 aromatic carbocycles. The number of likely N-dealkylation sites (N-methyl/N-ethyl adjacent to an activating group) is 1. The van der Waals surface area contributed by atoms with Gasteiger partial charge in [-0.1, -0.05) is 0 Å². The molecule has 1 amide bonds. The van der Waals surface area contributed by atoms with Crippen LogP contribution in [0.3, 0.4) is 0 Å². The summed E-state index contributed by atoms with van der Waals surface area (Å²) in [5.41, 5.74) is 0.0896. The Labute approximate surface area is 111 Å². The van der Waals surface area contributed by atoms with Crippen molar-refractivity contribution in [1.29, 1.82) is 0 Å². The van der Waals surface area contributed by atoms with Gasteiger partial charge >= 0.3 is 0 Å². The van der Waals surface area contributed by atoms with Crippen molar-refractivity contribution in [2.24, 2.45) is 0 Å². The summed E-state index contributed by atoms with van der Waals surface area (Å²) in [6, 6.07) is 4.14. The van der Waals surface area contributed by atoms with Crippen molar-refractivity contribution in [1.82, 2.24) is 4.90 Å². The Morgan fingerprint density at radius 1 is 1.26 bits per heavy atom. The van der Waals surface area contributed by atoms with E-state index in [1.165, 1.54) is 12.1 Å². The molecule has 1 fully saturated rings. The molecule has 1 aliphatic heterocycles. The van der Waals surface area contributed by atoms with Crippen LogP contribution in [0, 0.1) is 5.82 Å². The molecule has 0 radical (unpaired) electrons. The minimum Gasteiger partial charge on any atom is -0.356 e. The van der Waals surface area contributed by atoms with Gasteiger partial charge in [0.15, 0.2) is 0 Å². The Morgan fingerprint density at radius 2 is 1.95 bits per heavy atom. The first-order valence-electron chi connectivity index (χ1n) is 6.15. The van der Waals surface area contributed by atoms with Crippen molar-refractivity contribution in [3.8, 4) is 0 Å². The molecule has 0 N–H and O–H groups in total. The van der Waals surface area contributed by atoms with Gasteiger partial charge in [0.1, 0.15) is 17.6 Å². The van der Waals surface area contributed by atoms with Crippen LogP contribution in [0.5, 0.6) is 0 Å². The number of nitrogens with zero attached hydrogens (tertiary/aromatic N) is 2. The zero-order chi connectivity index (χ0) is 14.2. The second kappa shape index (κ2) is 4.64. The molecule has 1 heterocycles. The number of piperazine rings is 1. The summed E-state index contributed by atoms with van der Waals surface area (Å²) in [5, 5.41) is 0. The molecule has 0 spiro atoms. The minimum absolute atomic E-state index is 0.0179. The third kappa shape index (κ3) is 2.32. The topological polar surface area (TPSA) is 40.6 Å². The van der Waals surface area contributed by atoms with E-state index in [1.54, 1.807) is 31.9 Å². The molecule has 5 heteroatoms. The molecule has 2 rings (SSSR count). The number of benzene rings is 1. The zero-order valence-corrected chi connectivity index (χ0v) is 11.3. The maximum atomic E-state index is 13.5. The third-order valence-corrected chi connectivity index (χ3v) is 3.56. The standard InChI is InChI=1S/C14H17FN2O2/c1-14(2)13(19)16(3)4-5-17(14)12-7-10(9-18)6-11(15)8-12/h6-9H,4-5H2,1-3H3. The van der Waals surface area contributed by atoms with Crippen LogP contribution >= 0.6 is 0 Å². The Morgan fingerprint density at radius 3 is 2.58 bits per heavy atom. The minimum atomic E-state index is -0.749. The van der Waals surface area contributed by atoms with Crippen molar-refractivity contribution in [2.75, 3.05) is 25.0 Å². The van der Waals surface area contributed by atoms with E-state index < -0.39 is 11.4 Å². The van der Waals surface area contributed by atoms with E-state index in [2.05, 4.69) is 0 Å². The molecule has 19 heavy (non-hydrogen) atoms. The molecular weight excluding hydrogens is 247 g/mol. The summed E-state index contributed by atoms with van der Waals surface area (Å²) < 4.78 is 13.5. The first-order valence-corrected chi connectivity index (χ1v) is 6.15. The summed E-state index contributed by atoms with van der Waals surface area (Å²) in [5.74, 6) is -0.488. The Balaban J connectivity index is 2.43. The first-order chi connectivity index (χ1) is 8.86. The van der Waals surface area contributed by atoms with Crippen molar-refractivity contribution >= 4 is 17.9 Å². The third-order valence-electron chi connectivity index (χ3n) is 3.56. The largest absolute Gasteiger partial charge is 0.356 e. The Bertz CT molecular complexity index is 528. The number of carbonyl (C=O) groups is 2. The highest BCUT2D eigenvalue weighted by atomic mass is 19.1. The van der Waals surface area contributed by atoms with E-state index in [0.29, 0.717) is 25.1 Å². The SMILES string of the molecule is CN1CCN(c2cc(F)cc(C=O)c2)C(C)(C)C1=O. The number of anilines is 1. The van der Waals surface area contributed by atoms with Crippen LogP contribution in [-0.4, -0.2) is 42.8 Å². The zero-order valence-electron chi connectivity index (χ0n) is 11.3. The highest BCUT2D eigenvalue weighted by Gasteiger charge is 2.40. The number of halogens is 1. The fraction of sp³-hybridized carbons (Fsp3) is 0.429. The summed E-state index contributed by atoms with van der Waals surface area (Å²) in [6.07, 6.45) is 0.609. The van der Waals surface area contributed by atoms with E-state index in [-0.39, 0.29) is 11.5 Å². The molecule has 0 unspecified atom stereocenters. The van der Waals surface area contributed by atoms with Gasteiger partial charge in [-0.3, -0.25) is 9.59 Å². The molecule has 0 atom stereocenters. The van der Waals surface area contributed by atoms with Gasteiger partial charge in [0.05, 0.1) is 0 Å². The average molecular weight is 264 g/mol. The van der Waals surface area contributed by atoms with E-state index in [4.69, 9.17) is 0 Å². The highest BCUT2D eigenvalue weighted by Crippen LogP contribution is 2.29. The number of rotatable bonds is 2. The summed E-state index contributed by atoms with van der Waals surface area (Å²) >= 11 is 0. The molecular formula is C14H17FN2O2. The van der Waals surface area contributed by atoms with Gasteiger partial charge in [-0.05, 0) is 32.0 Å². The molecule has 0 saturated carbocycles. The van der Waals surface area contributed by atoms with Crippen LogP contribution in [-0.2, 0) is 4.79 Å². The fourth-order valence-electron chi connectivity index (χ4n) is 2.49. The lowest BCUT2D eigenvalue weighted by Crippen LogP contribution is -2.62. The predicted molar refractivity (Wildman–Crippen MR) is 70.8 cm³/mol. The van der Waals surface area contributed by atoms with Gasteiger partial charge in [-0.2, -0.15) is 0 Å². The van der Waals surface area contributed by atoms with E-state index in [9.17, 15) is 14.0 Å². The number of amides is 1. The van der Waals surface area contributed by atoms with Gasteiger partial charge in [0, 0.05) is 31.4 Å². The second-order valence-corrected chi connectivity index (χ2v) is 5.30. The molecule has 1 saturated heterocycles. The molecule has 1 aromatic rings. The fourth-order valence-corrected chi connectivity index (χ4v) is 2.49. The van der Waals surface area contributed by atoms with Crippen LogP contribution in [0.4, 0.5) is 10.1 Å². The Kier molecular flexibility index (Phi) is 3.30. The molecule has 0 aliphatic carbocycles. The maximum Gasteiger partial charge on any atom is 0.247 e. The van der Waals surface area contributed by atoms with Crippen LogP contribution in [0.15, 0.2) is 18.2 Å². The quantitative estimate of drug-likeness (QED) is 0.763. The van der Waals surface area contributed by atoms with Gasteiger partial charge < -0.3 is 9.80 Å². The van der Waals surface area contributed by atoms with E-state index in [0.717, 1.165) is 0 Å². The molecule has 4 nitrogen and oxygen atoms in total. The number of carbonyl (C=O) groups excluding carboxylic acids is 2. The van der Waals surface area contributed by atoms with Crippen molar-refractivity contribution in [2.45, 2.75) is 19.4 Å². The number of hydrogen-bond acceptors (Lipinski definition) is 3. The first kappa shape index (κ1) is 13.5. The molecule has 0 aromatic heterocycles. The van der Waals surface area contributed by atoms with Gasteiger partial charge in [-0.25, -0.2) is 4.39 Å².